The van der Waals surface area contributed by atoms with Crippen LogP contribution in [0.5, 0.6) is 0 Å². The lowest BCUT2D eigenvalue weighted by Crippen LogP contribution is -2.44. The Hall–Kier alpha value is -0.650. The third kappa shape index (κ3) is 3.94. The predicted molar refractivity (Wildman–Crippen MR) is 66.4 cm³/mol. The fourth-order valence-corrected chi connectivity index (χ4v) is 2.73. The van der Waals surface area contributed by atoms with Gasteiger partial charge in [-0.3, -0.25) is 4.90 Å². The number of hydrogen-bond acceptors (Lipinski definition) is 3. The standard InChI is InChI=1S/C12H16F2N2S/c13-11-2-1-10(9-12(11)14)17-8-7-16-5-3-15-4-6-16/h1-2,9,15H,3-8H2. The van der Waals surface area contributed by atoms with Crippen LogP contribution in [0.4, 0.5) is 8.78 Å². The molecule has 0 aromatic heterocycles. The van der Waals surface area contributed by atoms with Crippen molar-refractivity contribution in [3.8, 4) is 0 Å². The molecule has 0 atom stereocenters. The Morgan fingerprint density at radius 1 is 1.18 bits per heavy atom. The number of piperazine rings is 1. The van der Waals surface area contributed by atoms with Crippen molar-refractivity contribution < 1.29 is 8.78 Å². The molecule has 94 valence electrons. The summed E-state index contributed by atoms with van der Waals surface area (Å²) in [6.07, 6.45) is 0. The minimum Gasteiger partial charge on any atom is -0.314 e. The van der Waals surface area contributed by atoms with E-state index in [2.05, 4.69) is 10.2 Å². The predicted octanol–water partition coefficient (Wildman–Crippen LogP) is 1.96. The highest BCUT2D eigenvalue weighted by Gasteiger charge is 2.09. The first-order valence-electron chi connectivity index (χ1n) is 5.76. The lowest BCUT2D eigenvalue weighted by Gasteiger charge is -2.26. The molecule has 2 rings (SSSR count). The zero-order chi connectivity index (χ0) is 12.1. The minimum atomic E-state index is -0.781. The number of thioether (sulfide) groups is 1. The summed E-state index contributed by atoms with van der Waals surface area (Å²) in [5, 5.41) is 3.30. The van der Waals surface area contributed by atoms with Crippen LogP contribution in [0.3, 0.4) is 0 Å². The van der Waals surface area contributed by atoms with E-state index in [1.807, 2.05) is 0 Å². The van der Waals surface area contributed by atoms with Gasteiger partial charge in [-0.25, -0.2) is 8.78 Å². The summed E-state index contributed by atoms with van der Waals surface area (Å²) in [5.41, 5.74) is 0. The highest BCUT2D eigenvalue weighted by atomic mass is 32.2. The van der Waals surface area contributed by atoms with Gasteiger partial charge in [-0.05, 0) is 18.2 Å². The van der Waals surface area contributed by atoms with Crippen LogP contribution in [0, 0.1) is 11.6 Å². The van der Waals surface area contributed by atoms with Crippen LogP contribution in [0.2, 0.25) is 0 Å². The summed E-state index contributed by atoms with van der Waals surface area (Å²) >= 11 is 1.57. The first kappa shape index (κ1) is 12.8. The van der Waals surface area contributed by atoms with Crippen molar-refractivity contribution in [2.45, 2.75) is 4.90 Å². The number of rotatable bonds is 4. The molecule has 2 nitrogen and oxygen atoms in total. The molecular formula is C12H16F2N2S. The van der Waals surface area contributed by atoms with Crippen molar-refractivity contribution in [2.24, 2.45) is 0 Å². The van der Waals surface area contributed by atoms with E-state index in [0.717, 1.165) is 43.4 Å². The van der Waals surface area contributed by atoms with Crippen molar-refractivity contribution in [1.82, 2.24) is 10.2 Å². The van der Waals surface area contributed by atoms with Gasteiger partial charge in [0, 0.05) is 43.4 Å². The Morgan fingerprint density at radius 3 is 2.65 bits per heavy atom. The molecule has 0 bridgehead atoms. The SMILES string of the molecule is Fc1ccc(SCCN2CCNCC2)cc1F. The number of benzene rings is 1. The van der Waals surface area contributed by atoms with E-state index >= 15 is 0 Å². The van der Waals surface area contributed by atoms with Gasteiger partial charge >= 0.3 is 0 Å². The van der Waals surface area contributed by atoms with E-state index in [1.165, 1.54) is 12.1 Å². The summed E-state index contributed by atoms with van der Waals surface area (Å²) in [6, 6.07) is 4.07. The zero-order valence-corrected chi connectivity index (χ0v) is 10.4. The van der Waals surface area contributed by atoms with Gasteiger partial charge in [-0.15, -0.1) is 11.8 Å². The van der Waals surface area contributed by atoms with Crippen LogP contribution in [0.1, 0.15) is 0 Å². The molecule has 5 heteroatoms. The van der Waals surface area contributed by atoms with E-state index in [1.54, 1.807) is 17.8 Å². The largest absolute Gasteiger partial charge is 0.314 e. The first-order valence-corrected chi connectivity index (χ1v) is 6.75. The molecule has 0 spiro atoms. The van der Waals surface area contributed by atoms with Gasteiger partial charge in [0.05, 0.1) is 0 Å². The third-order valence-corrected chi connectivity index (χ3v) is 3.75. The molecule has 1 saturated heterocycles. The van der Waals surface area contributed by atoms with Crippen LogP contribution in [0.25, 0.3) is 0 Å². The van der Waals surface area contributed by atoms with Gasteiger partial charge in [0.15, 0.2) is 11.6 Å². The zero-order valence-electron chi connectivity index (χ0n) is 9.59. The Balaban J connectivity index is 1.75. The molecule has 0 amide bonds. The van der Waals surface area contributed by atoms with Crippen molar-refractivity contribution in [3.63, 3.8) is 0 Å². The molecule has 1 N–H and O–H groups in total. The smallest absolute Gasteiger partial charge is 0.159 e. The van der Waals surface area contributed by atoms with E-state index < -0.39 is 11.6 Å². The number of nitrogens with zero attached hydrogens (tertiary/aromatic N) is 1. The Bertz CT molecular complexity index is 368. The maximum atomic E-state index is 13.0. The molecule has 1 heterocycles. The topological polar surface area (TPSA) is 15.3 Å². The van der Waals surface area contributed by atoms with E-state index in [0.29, 0.717) is 0 Å². The molecule has 0 unspecified atom stereocenters. The van der Waals surface area contributed by atoms with Crippen LogP contribution >= 0.6 is 11.8 Å². The van der Waals surface area contributed by atoms with E-state index in [9.17, 15) is 8.78 Å². The molecule has 0 saturated carbocycles. The highest BCUT2D eigenvalue weighted by molar-refractivity contribution is 7.99. The van der Waals surface area contributed by atoms with Gasteiger partial charge in [-0.1, -0.05) is 0 Å². The number of halogens is 2. The van der Waals surface area contributed by atoms with Crippen LogP contribution in [-0.2, 0) is 0 Å². The van der Waals surface area contributed by atoms with Gasteiger partial charge in [0.1, 0.15) is 0 Å². The number of nitrogens with one attached hydrogen (secondary N) is 1. The average molecular weight is 258 g/mol. The van der Waals surface area contributed by atoms with Gasteiger partial charge in [0.2, 0.25) is 0 Å². The molecule has 1 aromatic carbocycles. The van der Waals surface area contributed by atoms with Crippen LogP contribution in [-0.4, -0.2) is 43.4 Å². The van der Waals surface area contributed by atoms with Gasteiger partial charge in [0.25, 0.3) is 0 Å². The molecule has 1 aromatic rings. The summed E-state index contributed by atoms with van der Waals surface area (Å²) < 4.78 is 25.7. The highest BCUT2D eigenvalue weighted by Crippen LogP contribution is 2.20. The Labute approximate surface area is 104 Å². The fraction of sp³-hybridized carbons (Fsp3) is 0.500. The van der Waals surface area contributed by atoms with Gasteiger partial charge < -0.3 is 5.32 Å². The Kier molecular flexibility index (Phi) is 4.76. The second-order valence-corrected chi connectivity index (χ2v) is 5.18. The first-order chi connectivity index (χ1) is 8.25. The maximum absolute atomic E-state index is 13.0. The minimum absolute atomic E-state index is 0.767. The van der Waals surface area contributed by atoms with Gasteiger partial charge in [-0.2, -0.15) is 0 Å². The second-order valence-electron chi connectivity index (χ2n) is 4.02. The molecule has 17 heavy (non-hydrogen) atoms. The van der Waals surface area contributed by atoms with Crippen LogP contribution < -0.4 is 5.32 Å². The lowest BCUT2D eigenvalue weighted by atomic mass is 10.3. The third-order valence-electron chi connectivity index (χ3n) is 2.78. The molecule has 1 aliphatic heterocycles. The maximum Gasteiger partial charge on any atom is 0.159 e. The summed E-state index contributed by atoms with van der Waals surface area (Å²) in [7, 11) is 0. The second kappa shape index (κ2) is 6.33. The molecule has 0 aliphatic carbocycles. The quantitative estimate of drug-likeness (QED) is 0.831. The van der Waals surface area contributed by atoms with Crippen molar-refractivity contribution in [2.75, 3.05) is 38.5 Å². The Morgan fingerprint density at radius 2 is 1.94 bits per heavy atom. The summed E-state index contributed by atoms with van der Waals surface area (Å²) in [6.45, 7) is 5.20. The normalized spacial score (nSPS) is 17.3. The molecular weight excluding hydrogens is 242 g/mol. The monoisotopic (exact) mass is 258 g/mol. The molecule has 1 fully saturated rings. The molecule has 0 radical (unpaired) electrons. The lowest BCUT2D eigenvalue weighted by molar-refractivity contribution is 0.255. The van der Waals surface area contributed by atoms with E-state index in [-0.39, 0.29) is 0 Å². The summed E-state index contributed by atoms with van der Waals surface area (Å²) in [5.74, 6) is -0.640. The summed E-state index contributed by atoms with van der Waals surface area (Å²) in [4.78, 5) is 3.17. The van der Waals surface area contributed by atoms with Crippen molar-refractivity contribution in [3.05, 3.63) is 29.8 Å². The van der Waals surface area contributed by atoms with Crippen molar-refractivity contribution in [1.29, 1.82) is 0 Å². The fourth-order valence-electron chi connectivity index (χ4n) is 1.79. The molecule has 1 aliphatic rings. The van der Waals surface area contributed by atoms with E-state index in [4.69, 9.17) is 0 Å². The van der Waals surface area contributed by atoms with Crippen LogP contribution in [0.15, 0.2) is 23.1 Å². The van der Waals surface area contributed by atoms with Crippen molar-refractivity contribution >= 4 is 11.8 Å². The average Bonchev–Trinajstić information content (AvgIpc) is 2.35. The number of hydrogen-bond donors (Lipinski definition) is 1.